The van der Waals surface area contributed by atoms with Gasteiger partial charge < -0.3 is 19.3 Å². The fourth-order valence-electron chi connectivity index (χ4n) is 3.14. The monoisotopic (exact) mass is 474 g/mol. The van der Waals surface area contributed by atoms with Gasteiger partial charge in [-0.1, -0.05) is 84.9 Å². The van der Waals surface area contributed by atoms with E-state index in [2.05, 4.69) is 0 Å². The van der Waals surface area contributed by atoms with E-state index in [1.807, 2.05) is 84.9 Å². The van der Waals surface area contributed by atoms with Crippen LogP contribution in [-0.2, 0) is 30.8 Å². The number of aliphatic hydroxyl groups is 1. The van der Waals surface area contributed by atoms with E-state index in [-0.39, 0.29) is 12.8 Å². The molecule has 1 N–H and O–H groups in total. The Kier molecular flexibility index (Phi) is 9.09. The second-order valence-corrected chi connectivity index (χ2v) is 7.70. The van der Waals surface area contributed by atoms with Crippen molar-refractivity contribution in [1.82, 2.24) is 0 Å². The molecular weight excluding hydrogens is 436 g/mol. The summed E-state index contributed by atoms with van der Waals surface area (Å²) in [4.78, 5) is 0. The quantitative estimate of drug-likeness (QED) is 0.279. The van der Waals surface area contributed by atoms with Crippen LogP contribution in [0.25, 0.3) is 0 Å². The molecule has 4 aromatic carbocycles. The average molecular weight is 475 g/mol. The third kappa shape index (κ3) is 10.0. The summed E-state index contributed by atoms with van der Waals surface area (Å²) >= 11 is 0. The van der Waals surface area contributed by atoms with Crippen molar-refractivity contribution in [1.29, 1.82) is 0 Å². The highest BCUT2D eigenvalue weighted by molar-refractivity contribution is 5.29. The van der Waals surface area contributed by atoms with Gasteiger partial charge >= 0.3 is 0 Å². The van der Waals surface area contributed by atoms with Gasteiger partial charge in [0.2, 0.25) is 0 Å². The summed E-state index contributed by atoms with van der Waals surface area (Å²) in [5.74, 6) is 1.50. The minimum Gasteiger partial charge on any atom is -0.489 e. The summed E-state index contributed by atoms with van der Waals surface area (Å²) in [6, 6.07) is 34.3. The van der Waals surface area contributed by atoms with Crippen molar-refractivity contribution in [3.8, 4) is 11.5 Å². The maximum absolute atomic E-state index is 9.09. The first-order valence-electron chi connectivity index (χ1n) is 13.4. The van der Waals surface area contributed by atoms with E-state index >= 15 is 0 Å². The Morgan fingerprint density at radius 3 is 1.40 bits per heavy atom. The number of methoxy groups -OCH3 is 1. The van der Waals surface area contributed by atoms with E-state index in [0.717, 1.165) is 33.8 Å². The molecule has 0 unspecified atom stereocenters. The molecule has 0 aliphatic heterocycles. The van der Waals surface area contributed by atoms with Gasteiger partial charge in [-0.05, 0) is 59.4 Å². The molecule has 4 nitrogen and oxygen atoms in total. The molecule has 0 aliphatic carbocycles. The lowest BCUT2D eigenvalue weighted by molar-refractivity contribution is 0.202. The van der Waals surface area contributed by atoms with Crippen LogP contribution in [-0.4, -0.2) is 25.3 Å². The maximum Gasteiger partial charge on any atom is 0.119 e. The molecule has 182 valence electrons. The van der Waals surface area contributed by atoms with E-state index < -0.39 is 13.1 Å². The molecule has 0 amide bonds. The Hall–Kier alpha value is -3.60. The molecule has 0 saturated carbocycles. The van der Waals surface area contributed by atoms with Gasteiger partial charge in [0.05, 0.1) is 12.0 Å². The van der Waals surface area contributed by atoms with Crippen LogP contribution in [0.3, 0.4) is 0 Å². The minimum absolute atomic E-state index is 0.0219. The van der Waals surface area contributed by atoms with Gasteiger partial charge in [0, 0.05) is 13.7 Å². The second kappa shape index (κ2) is 15.3. The third-order valence-corrected chi connectivity index (χ3v) is 5.05. The van der Waals surface area contributed by atoms with Crippen LogP contribution in [0.2, 0.25) is 0 Å². The normalized spacial score (nSPS) is 12.7. The van der Waals surface area contributed by atoms with Gasteiger partial charge in [-0.2, -0.15) is 0 Å². The first-order chi connectivity index (χ1) is 18.6. The zero-order valence-corrected chi connectivity index (χ0v) is 19.9. The molecule has 0 spiro atoms. The molecule has 0 heterocycles. The number of ether oxygens (including phenoxy) is 3. The topological polar surface area (TPSA) is 47.9 Å². The van der Waals surface area contributed by atoms with Crippen LogP contribution < -0.4 is 9.47 Å². The van der Waals surface area contributed by atoms with Crippen LogP contribution in [0, 0.1) is 0 Å². The first kappa shape index (κ1) is 20.7. The van der Waals surface area contributed by atoms with Crippen LogP contribution >= 0.6 is 0 Å². The Bertz CT molecular complexity index is 1230. The lowest BCUT2D eigenvalue weighted by atomic mass is 10.1. The summed E-state index contributed by atoms with van der Waals surface area (Å²) in [5, 5.41) is 9.09. The number of hydrogen-bond donors (Lipinski definition) is 1. The number of benzene rings is 4. The molecule has 0 aromatic heterocycles. The van der Waals surface area contributed by atoms with Crippen molar-refractivity contribution in [2.24, 2.45) is 0 Å². The minimum atomic E-state index is -2.17. The number of hydrogen-bond acceptors (Lipinski definition) is 4. The van der Waals surface area contributed by atoms with Crippen molar-refractivity contribution in [3.63, 3.8) is 0 Å². The van der Waals surface area contributed by atoms with E-state index in [4.69, 9.17) is 24.8 Å². The van der Waals surface area contributed by atoms with Crippen molar-refractivity contribution >= 4 is 0 Å². The maximum atomic E-state index is 9.09. The molecule has 0 bridgehead atoms. The average Bonchev–Trinajstić information content (AvgIpc) is 2.93. The Labute approximate surface area is 214 Å². The SMILES string of the molecule is [2H]C([2H])(Cc1ccc(OCc2ccccc2)cc1)OC.[2H]C([2H])(O)Cc1ccc(OCc2ccccc2)cc1. The van der Waals surface area contributed by atoms with E-state index in [9.17, 15) is 0 Å². The number of aryl methyl sites for hydroxylation is 2. The standard InChI is InChI=1S/C16H18O2.C15H16O2/c1-17-12-11-14-7-9-16(10-8-14)18-13-15-5-3-2-4-6-15;16-11-10-13-6-8-15(9-7-13)17-12-14-4-2-1-3-5-14/h2-10H,11-13H2,1H3;1-9,16H,10-12H2/i12D2;11D2. The van der Waals surface area contributed by atoms with E-state index in [0.29, 0.717) is 13.2 Å². The molecule has 4 rings (SSSR count). The summed E-state index contributed by atoms with van der Waals surface area (Å²) < 4.78 is 45.4. The molecule has 35 heavy (non-hydrogen) atoms. The predicted octanol–water partition coefficient (Wildman–Crippen LogP) is 6.25. The van der Waals surface area contributed by atoms with Crippen LogP contribution in [0.4, 0.5) is 0 Å². The Morgan fingerprint density at radius 2 is 1.00 bits per heavy atom. The highest BCUT2D eigenvalue weighted by Crippen LogP contribution is 2.15. The van der Waals surface area contributed by atoms with E-state index in [1.165, 1.54) is 7.11 Å². The lowest BCUT2D eigenvalue weighted by Crippen LogP contribution is -1.96. The molecule has 4 aromatic rings. The summed E-state index contributed by atoms with van der Waals surface area (Å²) in [6.45, 7) is -2.78. The lowest BCUT2D eigenvalue weighted by Gasteiger charge is -2.07. The summed E-state index contributed by atoms with van der Waals surface area (Å²) in [5.41, 5.74) is 3.83. The summed E-state index contributed by atoms with van der Waals surface area (Å²) in [7, 11) is 1.37. The molecule has 0 saturated heterocycles. The van der Waals surface area contributed by atoms with Gasteiger partial charge in [0.1, 0.15) is 24.7 Å². The second-order valence-electron chi connectivity index (χ2n) is 7.70. The van der Waals surface area contributed by atoms with Gasteiger partial charge in [-0.15, -0.1) is 0 Å². The van der Waals surface area contributed by atoms with E-state index in [1.54, 1.807) is 24.3 Å². The molecule has 4 heteroatoms. The Morgan fingerprint density at radius 1 is 0.571 bits per heavy atom. The highest BCUT2D eigenvalue weighted by atomic mass is 16.5. The van der Waals surface area contributed by atoms with Crippen LogP contribution in [0.5, 0.6) is 11.5 Å². The van der Waals surface area contributed by atoms with Gasteiger partial charge in [0.15, 0.2) is 0 Å². The predicted molar refractivity (Wildman–Crippen MR) is 141 cm³/mol. The molecule has 0 fully saturated rings. The Balaban J connectivity index is 0.000000216. The number of rotatable bonds is 11. The van der Waals surface area contributed by atoms with Gasteiger partial charge in [-0.3, -0.25) is 0 Å². The van der Waals surface area contributed by atoms with Crippen molar-refractivity contribution in [2.45, 2.75) is 26.1 Å². The van der Waals surface area contributed by atoms with Crippen molar-refractivity contribution in [2.75, 3.05) is 20.2 Å². The summed E-state index contributed by atoms with van der Waals surface area (Å²) in [6.07, 6.45) is 0.203. The largest absolute Gasteiger partial charge is 0.489 e. The third-order valence-electron chi connectivity index (χ3n) is 5.05. The fourth-order valence-corrected chi connectivity index (χ4v) is 3.14. The van der Waals surface area contributed by atoms with Crippen LogP contribution in [0.1, 0.15) is 27.7 Å². The smallest absolute Gasteiger partial charge is 0.119 e. The molecule has 0 aliphatic rings. The first-order valence-corrected chi connectivity index (χ1v) is 11.4. The van der Waals surface area contributed by atoms with Crippen LogP contribution in [0.15, 0.2) is 109 Å². The van der Waals surface area contributed by atoms with Crippen molar-refractivity contribution < 1.29 is 24.8 Å². The zero-order valence-electron chi connectivity index (χ0n) is 23.9. The van der Waals surface area contributed by atoms with Gasteiger partial charge in [0.25, 0.3) is 0 Å². The fraction of sp³-hybridized carbons (Fsp3) is 0.226. The van der Waals surface area contributed by atoms with Gasteiger partial charge in [-0.25, -0.2) is 0 Å². The zero-order chi connectivity index (χ0) is 28.1. The highest BCUT2D eigenvalue weighted by Gasteiger charge is 1.98. The van der Waals surface area contributed by atoms with Crippen molar-refractivity contribution in [3.05, 3.63) is 131 Å². The molecular formula is C31H34O4. The molecule has 0 atom stereocenters. The molecule has 0 radical (unpaired) electrons.